The van der Waals surface area contributed by atoms with E-state index in [0.717, 1.165) is 0 Å². The second-order valence-corrected chi connectivity index (χ2v) is 0.849. The molecule has 19 heteroatoms. The van der Waals surface area contributed by atoms with Gasteiger partial charge < -0.3 is 83.2 Å². The molecule has 0 aromatic carbocycles. The fraction of sp³-hybridized carbons (Fsp3) is 1.00. The zero-order valence-electron chi connectivity index (χ0n) is 12.8. The van der Waals surface area contributed by atoms with E-state index in [1.165, 1.54) is 0 Å². The Morgan fingerprint density at radius 1 is 0.280 bits per heavy atom. The summed E-state index contributed by atoms with van der Waals surface area (Å²) in [6.07, 6.45) is 0. The Balaban J connectivity index is -0.00000000595. The summed E-state index contributed by atoms with van der Waals surface area (Å²) in [7, 11) is 0. The predicted octanol–water partition coefficient (Wildman–Crippen LogP) is -9.09. The van der Waals surface area contributed by atoms with Crippen LogP contribution in [0.4, 0.5) is 0 Å². The van der Waals surface area contributed by atoms with Crippen molar-refractivity contribution in [2.24, 2.45) is 0 Å². The van der Waals surface area contributed by atoms with Crippen molar-refractivity contribution in [3.63, 3.8) is 0 Å². The maximum absolute atomic E-state index is 7.12. The molecule has 170 valence electrons. The Morgan fingerprint density at radius 2 is 0.280 bits per heavy atom. The van der Waals surface area contributed by atoms with Crippen LogP contribution in [0.2, 0.25) is 0 Å². The zero-order valence-corrected chi connectivity index (χ0v) is 16.6. The van der Waals surface area contributed by atoms with Gasteiger partial charge in [0, 0.05) is 52.1 Å². The molecule has 0 saturated heterocycles. The average molecular weight is 515 g/mol. The van der Waals surface area contributed by atoms with Gasteiger partial charge in [-0.25, -0.2) is 0 Å². The summed E-state index contributed by atoms with van der Waals surface area (Å²) >= 11 is 0. The van der Waals surface area contributed by atoms with Gasteiger partial charge in [-0.3, -0.25) is 0 Å². The van der Waals surface area contributed by atoms with E-state index >= 15 is 0 Å². The first kappa shape index (κ1) is 96.3. The molecule has 0 aliphatic carbocycles. The van der Waals surface area contributed by atoms with E-state index in [-0.39, 0.29) is 74.0 Å². The van der Waals surface area contributed by atoms with E-state index in [1.54, 1.807) is 0 Å². The molecule has 0 fully saturated rings. The number of aliphatic hydroxyl groups excluding tert-OH is 6. The van der Waals surface area contributed by atoms with Crippen molar-refractivity contribution < 1.29 is 135 Å². The second kappa shape index (κ2) is 296. The Labute approximate surface area is 176 Å². The molecule has 0 spiro atoms. The molecule has 0 aromatic heterocycles. The first-order valence-electron chi connectivity index (χ1n) is 3.79. The van der Waals surface area contributed by atoms with Gasteiger partial charge in [0.2, 0.25) is 0 Å². The van der Waals surface area contributed by atoms with Crippen molar-refractivity contribution in [2.75, 3.05) is 40.8 Å². The Bertz CT molecular complexity index is 47.3. The summed E-state index contributed by atoms with van der Waals surface area (Å²) in [4.78, 5) is 0. The molecule has 16 nitrogen and oxygen atoms in total. The van der Waals surface area contributed by atoms with E-state index in [1.807, 2.05) is 0 Å². The van der Waals surface area contributed by atoms with Crippen LogP contribution in [0.5, 0.6) is 0 Å². The van der Waals surface area contributed by atoms with Crippen LogP contribution in [0.15, 0.2) is 0 Å². The van der Waals surface area contributed by atoms with Gasteiger partial charge in [-0.1, -0.05) is 0 Å². The van der Waals surface area contributed by atoms with Crippen LogP contribution in [-0.4, -0.2) is 124 Å². The SMILES string of the molecule is O.O.O.OCO.OCO.OCO.OCO.OCO.OCO.[Cr].[Cr].[Cr].[OH-]. The van der Waals surface area contributed by atoms with Crippen LogP contribution in [0.1, 0.15) is 0 Å². The van der Waals surface area contributed by atoms with Crippen molar-refractivity contribution in [2.45, 2.75) is 0 Å². The molecule has 0 rings (SSSR count). The topological polar surface area (TPSA) is 367 Å². The molecule has 0 heterocycles. The van der Waals surface area contributed by atoms with Gasteiger partial charge in [0.25, 0.3) is 0 Å². The molecule has 0 atom stereocenters. The Kier molecular flexibility index (Phi) is 1140. The Hall–Kier alpha value is 0.957. The summed E-state index contributed by atoms with van der Waals surface area (Å²) < 4.78 is 0. The van der Waals surface area contributed by atoms with Crippen molar-refractivity contribution in [3.05, 3.63) is 0 Å². The van der Waals surface area contributed by atoms with Crippen molar-refractivity contribution in [1.82, 2.24) is 0 Å². The maximum Gasteiger partial charge on any atom is 0.140 e. The summed E-state index contributed by atoms with van der Waals surface area (Å²) in [5.41, 5.74) is 0. The molecule has 0 aliphatic rings. The molecule has 25 heavy (non-hydrogen) atoms. The van der Waals surface area contributed by atoms with E-state index < -0.39 is 40.8 Å². The van der Waals surface area contributed by atoms with Crippen molar-refractivity contribution >= 4 is 0 Å². The van der Waals surface area contributed by atoms with Crippen LogP contribution >= 0.6 is 0 Å². The smallest absolute Gasteiger partial charge is 0.140 e. The second-order valence-electron chi connectivity index (χ2n) is 0.849. The summed E-state index contributed by atoms with van der Waals surface area (Å²) in [5, 5.41) is 85.5. The summed E-state index contributed by atoms with van der Waals surface area (Å²) in [6.45, 7) is -4.50. The summed E-state index contributed by atoms with van der Waals surface area (Å²) in [6, 6.07) is 0. The normalized spacial score (nSPS) is 4.32. The largest absolute Gasteiger partial charge is 0.870 e. The molecule has 0 unspecified atom stereocenters. The van der Waals surface area contributed by atoms with Gasteiger partial charge in [-0.05, 0) is 0 Å². The molecule has 0 radical (unpaired) electrons. The zero-order chi connectivity index (χ0) is 16.2. The summed E-state index contributed by atoms with van der Waals surface area (Å²) in [5.74, 6) is 0. The minimum Gasteiger partial charge on any atom is -0.870 e. The number of hydrogen-bond acceptors (Lipinski definition) is 13. The quantitative estimate of drug-likeness (QED) is 0.133. The number of rotatable bonds is 0. The van der Waals surface area contributed by atoms with E-state index in [4.69, 9.17) is 61.3 Å². The molecule has 0 aliphatic heterocycles. The molecule has 0 amide bonds. The molecular weight excluding hydrogens is 484 g/mol. The number of hydrogen-bond donors (Lipinski definition) is 12. The third-order valence-corrected chi connectivity index (χ3v) is 0. The van der Waals surface area contributed by atoms with Crippen LogP contribution in [-0.2, 0) is 52.1 Å². The Morgan fingerprint density at radius 3 is 0.280 bits per heavy atom. The number of aliphatic hydroxyl groups is 12. The van der Waals surface area contributed by atoms with Gasteiger partial charge in [0.05, 0.1) is 0 Å². The fourth-order valence-electron chi connectivity index (χ4n) is 0. The minimum absolute atomic E-state index is 0. The van der Waals surface area contributed by atoms with Gasteiger partial charge >= 0.3 is 0 Å². The van der Waals surface area contributed by atoms with Crippen molar-refractivity contribution in [1.29, 1.82) is 0 Å². The molecule has 19 N–H and O–H groups in total. The fourth-order valence-corrected chi connectivity index (χ4v) is 0. The van der Waals surface area contributed by atoms with Crippen LogP contribution in [0.25, 0.3) is 0 Å². The maximum atomic E-state index is 7.12. The van der Waals surface area contributed by atoms with Crippen LogP contribution < -0.4 is 0 Å². The van der Waals surface area contributed by atoms with Gasteiger partial charge in [0.15, 0.2) is 0 Å². The van der Waals surface area contributed by atoms with Gasteiger partial charge in [-0.2, -0.15) is 0 Å². The van der Waals surface area contributed by atoms with Gasteiger partial charge in [0.1, 0.15) is 40.8 Å². The molecule has 0 aromatic rings. The monoisotopic (exact) mass is 515 g/mol. The minimum atomic E-state index is -0.750. The predicted molar refractivity (Wildman–Crippen MR) is 68.6 cm³/mol. The van der Waals surface area contributed by atoms with Crippen LogP contribution in [0, 0.1) is 0 Å². The third kappa shape index (κ3) is 14400. The van der Waals surface area contributed by atoms with E-state index in [9.17, 15) is 0 Å². The van der Waals surface area contributed by atoms with Crippen molar-refractivity contribution in [3.8, 4) is 0 Å². The average Bonchev–Trinajstić information content (AvgIpc) is 2.23. The van der Waals surface area contributed by atoms with E-state index in [2.05, 4.69) is 0 Å². The van der Waals surface area contributed by atoms with Gasteiger partial charge in [-0.15, -0.1) is 0 Å². The molecule has 0 bridgehead atoms. The first-order chi connectivity index (χ1) is 8.49. The van der Waals surface area contributed by atoms with Crippen LogP contribution in [0.3, 0.4) is 0 Å². The molecule has 0 saturated carbocycles. The standard InChI is InChI=1S/6CH4O2.3Cr.4H2O/c6*2-1-3;;;;;;;/h6*2-3H,1H2;;;;4*1H2/p-1. The molecular formula is C6H31Cr3O16-. The van der Waals surface area contributed by atoms with E-state index in [0.29, 0.717) is 0 Å². The third-order valence-electron chi connectivity index (χ3n) is 0. The first-order valence-corrected chi connectivity index (χ1v) is 3.79.